The van der Waals surface area contributed by atoms with Gasteiger partial charge in [0.05, 0.1) is 18.6 Å². The van der Waals surface area contributed by atoms with Crippen LogP contribution >= 0.6 is 0 Å². The second-order valence-electron chi connectivity index (χ2n) is 7.56. The molecule has 0 amide bonds. The van der Waals surface area contributed by atoms with Gasteiger partial charge in [-0.2, -0.15) is 0 Å². The summed E-state index contributed by atoms with van der Waals surface area (Å²) in [5.74, 6) is 0.0341. The van der Waals surface area contributed by atoms with Crippen LogP contribution in [0, 0.1) is 5.41 Å². The molecular weight excluding hydrogens is 318 g/mol. The number of nitrogens with zero attached hydrogens (tertiary/aromatic N) is 3. The van der Waals surface area contributed by atoms with Crippen molar-refractivity contribution in [3.05, 3.63) is 30.1 Å². The molecule has 0 saturated carbocycles. The molecule has 1 aromatic rings. The quantitative estimate of drug-likeness (QED) is 0.767. The molecule has 4 heterocycles. The molecule has 4 rings (SSSR count). The van der Waals surface area contributed by atoms with Crippen molar-refractivity contribution in [3.8, 4) is 0 Å². The van der Waals surface area contributed by atoms with E-state index >= 15 is 0 Å². The summed E-state index contributed by atoms with van der Waals surface area (Å²) in [6.07, 6.45) is 6.47. The second-order valence-corrected chi connectivity index (χ2v) is 7.56. The summed E-state index contributed by atoms with van der Waals surface area (Å²) < 4.78 is 11.2. The molecule has 6 heteroatoms. The summed E-state index contributed by atoms with van der Waals surface area (Å²) >= 11 is 0. The zero-order chi connectivity index (χ0) is 17.1. The van der Waals surface area contributed by atoms with Crippen LogP contribution in [0.25, 0.3) is 0 Å². The molecule has 3 fully saturated rings. The monoisotopic (exact) mass is 345 g/mol. The number of carbonyl (C=O) groups is 1. The first-order chi connectivity index (χ1) is 12.2. The van der Waals surface area contributed by atoms with Crippen molar-refractivity contribution in [3.63, 3.8) is 0 Å². The molecule has 0 aromatic carbocycles. The largest absolute Gasteiger partial charge is 0.461 e. The highest BCUT2D eigenvalue weighted by Crippen LogP contribution is 2.43. The van der Waals surface area contributed by atoms with Gasteiger partial charge in [0.2, 0.25) is 0 Å². The van der Waals surface area contributed by atoms with E-state index in [1.807, 2.05) is 12.3 Å². The molecule has 3 aliphatic heterocycles. The number of likely N-dealkylation sites (tertiary alicyclic amines) is 1. The number of hydrogen-bond acceptors (Lipinski definition) is 6. The first-order valence-electron chi connectivity index (χ1n) is 9.36. The summed E-state index contributed by atoms with van der Waals surface area (Å²) in [6.45, 7) is 7.14. The number of carbonyl (C=O) groups excluding carboxylic acids is 1. The molecule has 3 aliphatic rings. The molecule has 6 nitrogen and oxygen atoms in total. The number of esters is 1. The minimum absolute atomic E-state index is 0.0341. The Kier molecular flexibility index (Phi) is 5.01. The van der Waals surface area contributed by atoms with Crippen molar-refractivity contribution in [2.24, 2.45) is 5.41 Å². The SMILES string of the molecule is O=C1OC(CN2CCOCC2)CC12CCN(Cc1cccnc1)CC2. The van der Waals surface area contributed by atoms with Crippen LogP contribution in [0.4, 0.5) is 0 Å². The van der Waals surface area contributed by atoms with Gasteiger partial charge in [-0.05, 0) is 37.6 Å². The predicted molar refractivity (Wildman–Crippen MR) is 92.9 cm³/mol. The van der Waals surface area contributed by atoms with Gasteiger partial charge >= 0.3 is 5.97 Å². The lowest BCUT2D eigenvalue weighted by Gasteiger charge is -2.36. The van der Waals surface area contributed by atoms with E-state index in [0.717, 1.165) is 71.7 Å². The summed E-state index contributed by atoms with van der Waals surface area (Å²) in [5.41, 5.74) is 0.986. The van der Waals surface area contributed by atoms with E-state index in [1.54, 1.807) is 6.20 Å². The Balaban J connectivity index is 1.30. The Morgan fingerprint density at radius 2 is 1.96 bits per heavy atom. The summed E-state index contributed by atoms with van der Waals surface area (Å²) in [4.78, 5) is 21.5. The molecular formula is C19H27N3O3. The normalized spacial score (nSPS) is 27.5. The fourth-order valence-electron chi connectivity index (χ4n) is 4.31. The van der Waals surface area contributed by atoms with Gasteiger partial charge in [0, 0.05) is 45.0 Å². The maximum Gasteiger partial charge on any atom is 0.312 e. The maximum absolute atomic E-state index is 12.6. The molecule has 0 N–H and O–H groups in total. The van der Waals surface area contributed by atoms with Crippen molar-refractivity contribution < 1.29 is 14.3 Å². The smallest absolute Gasteiger partial charge is 0.312 e. The summed E-state index contributed by atoms with van der Waals surface area (Å²) in [5, 5.41) is 0. The van der Waals surface area contributed by atoms with E-state index < -0.39 is 0 Å². The Morgan fingerprint density at radius 3 is 2.68 bits per heavy atom. The van der Waals surface area contributed by atoms with Gasteiger partial charge in [-0.25, -0.2) is 0 Å². The minimum atomic E-state index is -0.248. The molecule has 0 radical (unpaired) electrons. The number of morpholine rings is 1. The Labute approximate surface area is 149 Å². The number of ether oxygens (including phenoxy) is 2. The van der Waals surface area contributed by atoms with Gasteiger partial charge in [0.25, 0.3) is 0 Å². The molecule has 1 aromatic heterocycles. The van der Waals surface area contributed by atoms with Crippen LogP contribution in [0.2, 0.25) is 0 Å². The van der Waals surface area contributed by atoms with Gasteiger partial charge in [-0.15, -0.1) is 0 Å². The van der Waals surface area contributed by atoms with Crippen LogP contribution in [0.1, 0.15) is 24.8 Å². The van der Waals surface area contributed by atoms with E-state index in [9.17, 15) is 4.79 Å². The third-order valence-electron chi connectivity index (χ3n) is 5.83. The Morgan fingerprint density at radius 1 is 1.16 bits per heavy atom. The number of hydrogen-bond donors (Lipinski definition) is 0. The topological polar surface area (TPSA) is 54.9 Å². The molecule has 1 spiro atoms. The predicted octanol–water partition coefficient (Wildman–Crippen LogP) is 1.31. The molecule has 0 aliphatic carbocycles. The van der Waals surface area contributed by atoms with Crippen LogP contribution in [0.3, 0.4) is 0 Å². The zero-order valence-electron chi connectivity index (χ0n) is 14.7. The highest BCUT2D eigenvalue weighted by Gasteiger charge is 2.50. The molecule has 136 valence electrons. The molecule has 0 bridgehead atoms. The van der Waals surface area contributed by atoms with Crippen LogP contribution in [-0.2, 0) is 20.8 Å². The summed E-state index contributed by atoms with van der Waals surface area (Å²) in [7, 11) is 0. The lowest BCUT2D eigenvalue weighted by molar-refractivity contribution is -0.151. The van der Waals surface area contributed by atoms with Crippen molar-refractivity contribution in [2.75, 3.05) is 45.9 Å². The summed E-state index contributed by atoms with van der Waals surface area (Å²) in [6, 6.07) is 4.09. The Bertz CT molecular complexity index is 581. The minimum Gasteiger partial charge on any atom is -0.461 e. The highest BCUT2D eigenvalue weighted by atomic mass is 16.6. The third-order valence-corrected chi connectivity index (χ3v) is 5.83. The fraction of sp³-hybridized carbons (Fsp3) is 0.684. The van der Waals surface area contributed by atoms with Crippen molar-refractivity contribution in [1.82, 2.24) is 14.8 Å². The average Bonchev–Trinajstić information content (AvgIpc) is 2.94. The van der Waals surface area contributed by atoms with Crippen LogP contribution < -0.4 is 0 Å². The second kappa shape index (κ2) is 7.40. The van der Waals surface area contributed by atoms with Gasteiger partial charge in [0.1, 0.15) is 6.10 Å². The third kappa shape index (κ3) is 3.86. The molecule has 25 heavy (non-hydrogen) atoms. The van der Waals surface area contributed by atoms with Crippen molar-refractivity contribution >= 4 is 5.97 Å². The van der Waals surface area contributed by atoms with Crippen molar-refractivity contribution in [1.29, 1.82) is 0 Å². The number of aromatic nitrogens is 1. The van der Waals surface area contributed by atoms with Gasteiger partial charge in [-0.3, -0.25) is 19.6 Å². The molecule has 1 atom stereocenters. The number of rotatable bonds is 4. The zero-order valence-corrected chi connectivity index (χ0v) is 14.7. The standard InChI is InChI=1S/C19H27N3O3/c23-18-19(12-17(25-18)15-22-8-10-24-11-9-22)3-6-21(7-4-19)14-16-2-1-5-20-13-16/h1-2,5,13,17H,3-4,6-12,14-15H2. The first kappa shape index (κ1) is 16.9. The van der Waals surface area contributed by atoms with E-state index in [1.165, 1.54) is 5.56 Å². The van der Waals surface area contributed by atoms with Crippen LogP contribution in [0.5, 0.6) is 0 Å². The lowest BCUT2D eigenvalue weighted by atomic mass is 9.76. The van der Waals surface area contributed by atoms with E-state index in [0.29, 0.717) is 0 Å². The van der Waals surface area contributed by atoms with Gasteiger partial charge in [0.15, 0.2) is 0 Å². The van der Waals surface area contributed by atoms with Gasteiger partial charge in [-0.1, -0.05) is 6.07 Å². The van der Waals surface area contributed by atoms with Gasteiger partial charge < -0.3 is 9.47 Å². The molecule has 3 saturated heterocycles. The van der Waals surface area contributed by atoms with E-state index in [2.05, 4.69) is 20.9 Å². The van der Waals surface area contributed by atoms with Crippen molar-refractivity contribution in [2.45, 2.75) is 31.9 Å². The van der Waals surface area contributed by atoms with Crippen LogP contribution in [0.15, 0.2) is 24.5 Å². The molecule has 1 unspecified atom stereocenters. The number of piperidine rings is 1. The first-order valence-corrected chi connectivity index (χ1v) is 9.36. The number of cyclic esters (lactones) is 1. The van der Waals surface area contributed by atoms with E-state index in [4.69, 9.17) is 9.47 Å². The number of pyridine rings is 1. The maximum atomic E-state index is 12.6. The highest BCUT2D eigenvalue weighted by molar-refractivity contribution is 5.79. The Hall–Kier alpha value is -1.50. The van der Waals surface area contributed by atoms with Crippen LogP contribution in [-0.4, -0.2) is 72.8 Å². The lowest BCUT2D eigenvalue weighted by Crippen LogP contribution is -2.43. The van der Waals surface area contributed by atoms with E-state index in [-0.39, 0.29) is 17.5 Å². The average molecular weight is 345 g/mol. The fourth-order valence-corrected chi connectivity index (χ4v) is 4.31.